The number of rotatable bonds is 12. The Morgan fingerprint density at radius 1 is 0.784 bits per heavy atom. The average molecular weight is 598 g/mol. The molecule has 1 aromatic rings. The molecule has 0 saturated heterocycles. The van der Waals surface area contributed by atoms with Crippen molar-refractivity contribution < 1.29 is 104 Å². The summed E-state index contributed by atoms with van der Waals surface area (Å²) in [4.78, 5) is 0. The minimum Gasteiger partial charge on any atom is -0.726 e. The Morgan fingerprint density at radius 2 is 1.22 bits per heavy atom. The first-order chi connectivity index (χ1) is 15.9. The minimum atomic E-state index is -8.00. The molecule has 210 valence electrons. The topological polar surface area (TPSA) is 66.4 Å². The van der Waals surface area contributed by atoms with Gasteiger partial charge in [-0.05, 0) is 12.0 Å². The van der Waals surface area contributed by atoms with Gasteiger partial charge in [0.25, 0.3) is 0 Å². The summed E-state index contributed by atoms with van der Waals surface area (Å²) in [7, 11) is -5.22. The van der Waals surface area contributed by atoms with E-state index in [1.54, 1.807) is 6.92 Å². The summed E-state index contributed by atoms with van der Waals surface area (Å²) in [6.07, 6.45) is -6.65. The van der Waals surface area contributed by atoms with E-state index < -0.39 is 64.3 Å². The second kappa shape index (κ2) is 11.7. The van der Waals surface area contributed by atoms with Crippen molar-refractivity contribution in [2.24, 2.45) is 0 Å². The van der Waals surface area contributed by atoms with E-state index in [0.29, 0.717) is 25.0 Å². The molecule has 19 heteroatoms. The number of unbranched alkanes of at least 4 members (excludes halogenated alkanes) is 1. The predicted molar refractivity (Wildman–Crippen MR) is 94.1 cm³/mol. The zero-order valence-corrected chi connectivity index (χ0v) is 21.5. The molecule has 0 aromatic heterocycles. The maximum atomic E-state index is 14.2. The Balaban J connectivity index is 0.0000130. The van der Waals surface area contributed by atoms with Crippen molar-refractivity contribution in [2.45, 2.75) is 67.9 Å². The fourth-order valence-electron chi connectivity index (χ4n) is 2.88. The molecule has 4 nitrogen and oxygen atoms in total. The van der Waals surface area contributed by atoms with Gasteiger partial charge in [-0.1, -0.05) is 44.0 Å². The van der Waals surface area contributed by atoms with Crippen LogP contribution in [0.4, 0.5) is 57.1 Å². The normalized spacial score (nSPS) is 15.3. The third kappa shape index (κ3) is 7.04. The molecule has 0 aliphatic rings. The van der Waals surface area contributed by atoms with Gasteiger partial charge >= 0.3 is 65.3 Å². The van der Waals surface area contributed by atoms with Gasteiger partial charge in [-0.25, -0.2) is 8.42 Å². The van der Waals surface area contributed by atoms with Crippen molar-refractivity contribution in [2.75, 3.05) is 6.61 Å². The fraction of sp³-hybridized carbons (Fsp3) is 0.667. The van der Waals surface area contributed by atoms with Crippen molar-refractivity contribution in [3.8, 4) is 0 Å². The molecule has 0 radical (unpaired) electrons. The molecule has 0 amide bonds. The van der Waals surface area contributed by atoms with Crippen LogP contribution in [0.2, 0.25) is 0 Å². The number of hydrogen-bond acceptors (Lipinski definition) is 4. The van der Waals surface area contributed by atoms with Crippen LogP contribution in [0.1, 0.15) is 43.2 Å². The maximum absolute atomic E-state index is 14.2. The largest absolute Gasteiger partial charge is 1.00 e. The van der Waals surface area contributed by atoms with Crippen LogP contribution in [-0.4, -0.2) is 49.4 Å². The van der Waals surface area contributed by atoms with E-state index in [0.717, 1.165) is 0 Å². The zero-order valence-electron chi connectivity index (χ0n) is 18.7. The van der Waals surface area contributed by atoms with Gasteiger partial charge in [0.15, 0.2) is 0 Å². The monoisotopic (exact) mass is 598 g/mol. The number of alkyl halides is 13. The molecule has 0 aliphatic heterocycles. The van der Waals surface area contributed by atoms with Gasteiger partial charge in [0.2, 0.25) is 10.4 Å². The smallest absolute Gasteiger partial charge is 0.726 e. The summed E-state index contributed by atoms with van der Waals surface area (Å²) in [6.45, 7) is 0.806. The summed E-state index contributed by atoms with van der Waals surface area (Å²) in [5.74, 6) is -38.7. The molecule has 37 heavy (non-hydrogen) atoms. The second-order valence-electron chi connectivity index (χ2n) is 7.52. The van der Waals surface area contributed by atoms with Crippen LogP contribution in [-0.2, 0) is 20.5 Å². The summed E-state index contributed by atoms with van der Waals surface area (Å²) < 4.78 is 209. The minimum absolute atomic E-state index is 0. The van der Waals surface area contributed by atoms with E-state index in [-0.39, 0.29) is 53.7 Å². The van der Waals surface area contributed by atoms with Crippen LogP contribution in [0.25, 0.3) is 0 Å². The summed E-state index contributed by atoms with van der Waals surface area (Å²) in [5.41, 5.74) is -2.34. The Bertz CT molecular complexity index is 996. The van der Waals surface area contributed by atoms with Crippen LogP contribution in [0.5, 0.6) is 0 Å². The zero-order chi connectivity index (χ0) is 28.6. The first-order valence-electron chi connectivity index (χ1n) is 9.55. The summed E-state index contributed by atoms with van der Waals surface area (Å²) in [6, 6.07) is 0.954. The van der Waals surface area contributed by atoms with Crippen LogP contribution in [0.15, 0.2) is 24.3 Å². The van der Waals surface area contributed by atoms with E-state index in [1.807, 2.05) is 0 Å². The Kier molecular flexibility index (Phi) is 11.5. The Hall–Kier alpha value is -0.820. The van der Waals surface area contributed by atoms with E-state index in [2.05, 4.69) is 4.18 Å². The van der Waals surface area contributed by atoms with E-state index >= 15 is 0 Å². The van der Waals surface area contributed by atoms with Crippen molar-refractivity contribution >= 4 is 10.4 Å². The fourth-order valence-corrected chi connectivity index (χ4v) is 3.21. The molecule has 0 fully saturated rings. The van der Waals surface area contributed by atoms with Crippen molar-refractivity contribution in [3.63, 3.8) is 0 Å². The number of benzene rings is 1. The van der Waals surface area contributed by atoms with Crippen LogP contribution >= 0.6 is 0 Å². The summed E-state index contributed by atoms with van der Waals surface area (Å²) in [5, 5.41) is 0. The van der Waals surface area contributed by atoms with Gasteiger partial charge in [0.05, 0.1) is 6.61 Å². The molecular formula is C18H16F13NaO4S. The average Bonchev–Trinajstić information content (AvgIpc) is 2.71. The SMILES string of the molecule is CCCCC(COS(=O)(=O)[O-])c1ccc(C(F)(F)C(F)(F)C(F)(F)C(F)(F)C(F)(F)C(F)(F)F)cc1.[Na+]. The molecule has 0 aliphatic carbocycles. The molecule has 0 bridgehead atoms. The molecule has 0 spiro atoms. The van der Waals surface area contributed by atoms with Crippen molar-refractivity contribution in [3.05, 3.63) is 35.4 Å². The first kappa shape index (κ1) is 36.2. The standard InChI is InChI=1S/C18H17F13O4S.Na/c1-2-3-4-11(9-35-36(32,33)34)10-5-7-12(8-6-10)13(19,20)14(21,22)15(23,24)16(25,26)17(27,28)18(29,30)31;/h5-8,11H,2-4,9H2,1H3,(H,32,33,34);/q;+1/p-1. The Labute approximate surface area is 223 Å². The molecule has 0 heterocycles. The van der Waals surface area contributed by atoms with Gasteiger partial charge in [0, 0.05) is 11.5 Å². The second-order valence-corrected chi connectivity index (χ2v) is 8.58. The third-order valence-electron chi connectivity index (χ3n) is 5.00. The van der Waals surface area contributed by atoms with E-state index in [1.165, 1.54) is 0 Å². The van der Waals surface area contributed by atoms with Gasteiger partial charge in [0.1, 0.15) is 0 Å². The number of hydrogen-bond donors (Lipinski definition) is 0. The van der Waals surface area contributed by atoms with Gasteiger partial charge in [-0.15, -0.1) is 0 Å². The van der Waals surface area contributed by atoms with Crippen LogP contribution in [0, 0.1) is 0 Å². The quantitative estimate of drug-likeness (QED) is 0.160. The molecule has 1 aromatic carbocycles. The van der Waals surface area contributed by atoms with E-state index in [4.69, 9.17) is 0 Å². The van der Waals surface area contributed by atoms with Crippen molar-refractivity contribution in [1.29, 1.82) is 0 Å². The summed E-state index contributed by atoms with van der Waals surface area (Å²) >= 11 is 0. The third-order valence-corrected chi connectivity index (χ3v) is 5.42. The molecule has 0 saturated carbocycles. The Morgan fingerprint density at radius 3 is 1.59 bits per heavy atom. The number of halogens is 13. The molecular weight excluding hydrogens is 582 g/mol. The van der Waals surface area contributed by atoms with Crippen LogP contribution < -0.4 is 29.6 Å². The van der Waals surface area contributed by atoms with Crippen LogP contribution in [0.3, 0.4) is 0 Å². The first-order valence-corrected chi connectivity index (χ1v) is 10.9. The van der Waals surface area contributed by atoms with Gasteiger partial charge < -0.3 is 4.55 Å². The predicted octanol–water partition coefficient (Wildman–Crippen LogP) is 3.64. The molecule has 1 rings (SSSR count). The molecule has 1 atom stereocenters. The maximum Gasteiger partial charge on any atom is 1.00 e. The van der Waals surface area contributed by atoms with E-state index in [9.17, 15) is 70.0 Å². The van der Waals surface area contributed by atoms with Gasteiger partial charge in [-0.2, -0.15) is 57.1 Å². The molecule has 0 N–H and O–H groups in total. The molecule has 1 unspecified atom stereocenters. The van der Waals surface area contributed by atoms with Crippen molar-refractivity contribution in [1.82, 2.24) is 0 Å². The van der Waals surface area contributed by atoms with Gasteiger partial charge in [-0.3, -0.25) is 4.18 Å².